The van der Waals surface area contributed by atoms with Crippen LogP contribution in [0.3, 0.4) is 0 Å². The van der Waals surface area contributed by atoms with Crippen LogP contribution in [0.2, 0.25) is 0 Å². The minimum absolute atomic E-state index is 0.691. The number of hydrogen-bond donors (Lipinski definition) is 1. The second kappa shape index (κ2) is 1.58. The molecule has 0 amide bonds. The van der Waals surface area contributed by atoms with E-state index < -0.39 is 0 Å². The number of allylic oxidation sites excluding steroid dienone is 1. The van der Waals surface area contributed by atoms with E-state index in [1.165, 1.54) is 0 Å². The first-order valence-electron chi connectivity index (χ1n) is 2.75. The van der Waals surface area contributed by atoms with Crippen molar-refractivity contribution in [1.29, 1.82) is 0 Å². The topological polar surface area (TPSA) is 40.0 Å². The molecule has 0 saturated carbocycles. The van der Waals surface area contributed by atoms with Crippen molar-refractivity contribution in [2.75, 3.05) is 6.67 Å². The van der Waals surface area contributed by atoms with Gasteiger partial charge in [-0.3, -0.25) is 5.43 Å². The van der Waals surface area contributed by atoms with Crippen LogP contribution in [0, 0.1) is 0 Å². The van der Waals surface area contributed by atoms with Crippen LogP contribution in [0.1, 0.15) is 0 Å². The summed E-state index contributed by atoms with van der Waals surface area (Å²) in [5.41, 5.74) is 2.81. The molecule has 0 aromatic carbocycles. The van der Waals surface area contributed by atoms with Crippen LogP contribution >= 0.6 is 0 Å². The fraction of sp³-hybridized carbons (Fsp3) is 0.200. The highest BCUT2D eigenvalue weighted by molar-refractivity contribution is 5.99. The third-order valence-corrected chi connectivity index (χ3v) is 1.22. The summed E-state index contributed by atoms with van der Waals surface area (Å²) in [4.78, 5) is 0. The van der Waals surface area contributed by atoms with Crippen molar-refractivity contribution < 1.29 is 0 Å². The standard InChI is InChI=1S/C5H6N4/c1-2-5-8-6-4-9(5)7-3-1/h1-3,6H,4H2. The molecule has 46 valence electrons. The van der Waals surface area contributed by atoms with E-state index in [-0.39, 0.29) is 0 Å². The molecule has 0 atom stereocenters. The average molecular weight is 122 g/mol. The van der Waals surface area contributed by atoms with Gasteiger partial charge in [0.2, 0.25) is 0 Å². The van der Waals surface area contributed by atoms with E-state index in [9.17, 15) is 0 Å². The summed E-state index contributed by atoms with van der Waals surface area (Å²) in [5.74, 6) is 0.887. The lowest BCUT2D eigenvalue weighted by molar-refractivity contribution is 0.453. The van der Waals surface area contributed by atoms with E-state index >= 15 is 0 Å². The van der Waals surface area contributed by atoms with Gasteiger partial charge in [-0.2, -0.15) is 10.2 Å². The SMILES string of the molecule is C1=CC2=NNCN2N=C1. The second-order valence-corrected chi connectivity index (χ2v) is 1.81. The van der Waals surface area contributed by atoms with E-state index in [0.29, 0.717) is 6.67 Å². The number of amidine groups is 1. The van der Waals surface area contributed by atoms with Gasteiger partial charge in [0.1, 0.15) is 6.67 Å². The monoisotopic (exact) mass is 122 g/mol. The van der Waals surface area contributed by atoms with Crippen molar-refractivity contribution >= 4 is 12.1 Å². The fourth-order valence-electron chi connectivity index (χ4n) is 0.793. The first-order valence-corrected chi connectivity index (χ1v) is 2.75. The molecule has 0 spiro atoms. The Kier molecular flexibility index (Phi) is 0.798. The molecule has 0 unspecified atom stereocenters. The predicted octanol–water partition coefficient (Wildman–Crippen LogP) is -0.282. The van der Waals surface area contributed by atoms with Crippen LogP contribution in [0.25, 0.3) is 0 Å². The van der Waals surface area contributed by atoms with Gasteiger partial charge in [0.05, 0.1) is 0 Å². The van der Waals surface area contributed by atoms with E-state index in [2.05, 4.69) is 15.6 Å². The molecular weight excluding hydrogens is 116 g/mol. The summed E-state index contributed by atoms with van der Waals surface area (Å²) in [6.07, 6.45) is 5.52. The highest BCUT2D eigenvalue weighted by Gasteiger charge is 2.13. The Balaban J connectivity index is 2.33. The summed E-state index contributed by atoms with van der Waals surface area (Å²) >= 11 is 0. The third-order valence-electron chi connectivity index (χ3n) is 1.22. The van der Waals surface area contributed by atoms with Gasteiger partial charge in [-0.05, 0) is 12.2 Å². The van der Waals surface area contributed by atoms with Crippen molar-refractivity contribution in [3.05, 3.63) is 12.2 Å². The van der Waals surface area contributed by atoms with Crippen LogP contribution in [0.5, 0.6) is 0 Å². The predicted molar refractivity (Wildman–Crippen MR) is 34.9 cm³/mol. The summed E-state index contributed by atoms with van der Waals surface area (Å²) in [5, 5.41) is 9.76. The maximum absolute atomic E-state index is 4.02. The minimum Gasteiger partial charge on any atom is -0.286 e. The lowest BCUT2D eigenvalue weighted by Gasteiger charge is -2.10. The summed E-state index contributed by atoms with van der Waals surface area (Å²) in [6, 6.07) is 0. The maximum Gasteiger partial charge on any atom is 0.170 e. The van der Waals surface area contributed by atoms with E-state index in [0.717, 1.165) is 5.84 Å². The largest absolute Gasteiger partial charge is 0.286 e. The molecule has 0 aromatic heterocycles. The quantitative estimate of drug-likeness (QED) is 0.480. The molecular formula is C5H6N4. The average Bonchev–Trinajstić information content (AvgIpc) is 2.33. The van der Waals surface area contributed by atoms with Gasteiger partial charge in [-0.25, -0.2) is 5.01 Å². The van der Waals surface area contributed by atoms with Crippen molar-refractivity contribution in [2.45, 2.75) is 0 Å². The van der Waals surface area contributed by atoms with E-state index in [1.54, 1.807) is 11.2 Å². The lowest BCUT2D eigenvalue weighted by Crippen LogP contribution is -2.24. The van der Waals surface area contributed by atoms with Gasteiger partial charge >= 0.3 is 0 Å². The Labute approximate surface area is 52.5 Å². The van der Waals surface area contributed by atoms with Gasteiger partial charge in [0, 0.05) is 6.21 Å². The summed E-state index contributed by atoms with van der Waals surface area (Å²) < 4.78 is 0. The zero-order chi connectivity index (χ0) is 6.10. The highest BCUT2D eigenvalue weighted by atomic mass is 15.6. The molecule has 2 rings (SSSR count). The number of nitrogens with one attached hydrogen (secondary N) is 1. The molecule has 4 nitrogen and oxygen atoms in total. The van der Waals surface area contributed by atoms with Gasteiger partial charge in [-0.15, -0.1) is 0 Å². The zero-order valence-corrected chi connectivity index (χ0v) is 4.78. The van der Waals surface area contributed by atoms with Gasteiger partial charge in [0.15, 0.2) is 5.84 Å². The Bertz CT molecular complexity index is 200. The Morgan fingerprint density at radius 3 is 3.56 bits per heavy atom. The smallest absolute Gasteiger partial charge is 0.170 e. The Morgan fingerprint density at radius 1 is 1.67 bits per heavy atom. The first kappa shape index (κ1) is 4.55. The van der Waals surface area contributed by atoms with Gasteiger partial charge in [-0.1, -0.05) is 0 Å². The molecule has 0 radical (unpaired) electrons. The number of nitrogens with zero attached hydrogens (tertiary/aromatic N) is 3. The Morgan fingerprint density at radius 2 is 2.67 bits per heavy atom. The van der Waals surface area contributed by atoms with E-state index in [4.69, 9.17) is 0 Å². The molecule has 0 fully saturated rings. The van der Waals surface area contributed by atoms with Crippen LogP contribution in [-0.2, 0) is 0 Å². The Hall–Kier alpha value is -1.32. The number of fused-ring (bicyclic) bond motifs is 1. The van der Waals surface area contributed by atoms with Crippen molar-refractivity contribution in [3.63, 3.8) is 0 Å². The molecule has 0 saturated heterocycles. The molecule has 2 aliphatic heterocycles. The third kappa shape index (κ3) is 0.595. The zero-order valence-electron chi connectivity index (χ0n) is 4.78. The maximum atomic E-state index is 4.02. The van der Waals surface area contributed by atoms with E-state index in [1.807, 2.05) is 12.2 Å². The molecule has 0 aromatic rings. The number of hydrogen-bond acceptors (Lipinski definition) is 4. The molecule has 4 heteroatoms. The highest BCUT2D eigenvalue weighted by Crippen LogP contribution is 2.01. The van der Waals surface area contributed by atoms with Crippen LogP contribution in [0.4, 0.5) is 0 Å². The molecule has 2 aliphatic rings. The van der Waals surface area contributed by atoms with Gasteiger partial charge in [0.25, 0.3) is 0 Å². The molecule has 9 heavy (non-hydrogen) atoms. The fourth-order valence-corrected chi connectivity index (χ4v) is 0.793. The van der Waals surface area contributed by atoms with Crippen LogP contribution in [-0.4, -0.2) is 23.7 Å². The van der Waals surface area contributed by atoms with Crippen molar-refractivity contribution in [1.82, 2.24) is 10.4 Å². The lowest BCUT2D eigenvalue weighted by atomic mass is 10.4. The molecule has 0 aliphatic carbocycles. The second-order valence-electron chi connectivity index (χ2n) is 1.81. The van der Waals surface area contributed by atoms with Crippen LogP contribution in [0.15, 0.2) is 22.4 Å². The normalized spacial score (nSPS) is 21.3. The number of rotatable bonds is 0. The van der Waals surface area contributed by atoms with Crippen molar-refractivity contribution in [2.24, 2.45) is 10.2 Å². The molecule has 0 bridgehead atoms. The number of hydrazone groups is 2. The summed E-state index contributed by atoms with van der Waals surface area (Å²) in [6.45, 7) is 0.691. The summed E-state index contributed by atoms with van der Waals surface area (Å²) in [7, 11) is 0. The first-order chi connectivity index (χ1) is 4.47. The minimum atomic E-state index is 0.691. The van der Waals surface area contributed by atoms with Crippen molar-refractivity contribution in [3.8, 4) is 0 Å². The molecule has 1 N–H and O–H groups in total. The van der Waals surface area contributed by atoms with Crippen LogP contribution < -0.4 is 5.43 Å². The molecule has 2 heterocycles. The van der Waals surface area contributed by atoms with Gasteiger partial charge < -0.3 is 0 Å².